The number of rotatable bonds is 6. The number of aromatic nitrogens is 3. The Hall–Kier alpha value is -1.42. The predicted molar refractivity (Wildman–Crippen MR) is 74.6 cm³/mol. The summed E-state index contributed by atoms with van der Waals surface area (Å²) in [7, 11) is 0. The third kappa shape index (κ3) is 2.88. The lowest BCUT2D eigenvalue weighted by molar-refractivity contribution is 0.384. The molecule has 1 aromatic carbocycles. The van der Waals surface area contributed by atoms with Gasteiger partial charge in [-0.25, -0.2) is 4.68 Å². The lowest BCUT2D eigenvalue weighted by Crippen LogP contribution is -2.31. The number of hydrogen-bond donors (Lipinski definition) is 1. The molecular weight excluding hydrogens is 224 g/mol. The average molecular weight is 246 g/mol. The molecule has 0 aliphatic rings. The van der Waals surface area contributed by atoms with Gasteiger partial charge in [0.1, 0.15) is 5.52 Å². The number of benzene rings is 1. The van der Waals surface area contributed by atoms with Crippen LogP contribution in [0.1, 0.15) is 39.7 Å². The van der Waals surface area contributed by atoms with Gasteiger partial charge in [0.25, 0.3) is 0 Å². The molecule has 0 amide bonds. The standard InChI is InChI=1S/C14H22N4/c1-4-7-12(10-15-11(2)3)18-14-9-6-5-8-13(14)16-17-18/h5-6,8-9,11-12,15H,4,7,10H2,1-3H3. The maximum Gasteiger partial charge on any atom is 0.113 e. The van der Waals surface area contributed by atoms with E-state index in [1.54, 1.807) is 0 Å². The highest BCUT2D eigenvalue weighted by Gasteiger charge is 2.14. The van der Waals surface area contributed by atoms with Crippen LogP contribution in [0.2, 0.25) is 0 Å². The Morgan fingerprint density at radius 3 is 2.78 bits per heavy atom. The molecule has 0 saturated carbocycles. The molecule has 4 heteroatoms. The van der Waals surface area contributed by atoms with Gasteiger partial charge in [0.15, 0.2) is 0 Å². The molecule has 1 unspecified atom stereocenters. The fourth-order valence-electron chi connectivity index (χ4n) is 2.17. The van der Waals surface area contributed by atoms with Crippen LogP contribution in [0.3, 0.4) is 0 Å². The quantitative estimate of drug-likeness (QED) is 0.852. The van der Waals surface area contributed by atoms with Crippen LogP contribution in [0, 0.1) is 0 Å². The van der Waals surface area contributed by atoms with Crippen molar-refractivity contribution in [2.75, 3.05) is 6.54 Å². The number of nitrogens with one attached hydrogen (secondary N) is 1. The molecule has 2 rings (SSSR count). The lowest BCUT2D eigenvalue weighted by Gasteiger charge is -2.19. The van der Waals surface area contributed by atoms with E-state index < -0.39 is 0 Å². The first-order valence-corrected chi connectivity index (χ1v) is 6.75. The summed E-state index contributed by atoms with van der Waals surface area (Å²) >= 11 is 0. The van der Waals surface area contributed by atoms with Gasteiger partial charge in [-0.15, -0.1) is 5.10 Å². The van der Waals surface area contributed by atoms with Crippen LogP contribution in [0.5, 0.6) is 0 Å². The predicted octanol–water partition coefficient (Wildman–Crippen LogP) is 2.77. The molecule has 0 spiro atoms. The molecule has 4 nitrogen and oxygen atoms in total. The van der Waals surface area contributed by atoms with Crippen LogP contribution in [0.25, 0.3) is 11.0 Å². The molecule has 1 aromatic heterocycles. The van der Waals surface area contributed by atoms with Gasteiger partial charge in [-0.05, 0) is 18.6 Å². The number of hydrogen-bond acceptors (Lipinski definition) is 3. The van der Waals surface area contributed by atoms with E-state index in [2.05, 4.69) is 47.1 Å². The van der Waals surface area contributed by atoms with Crippen molar-refractivity contribution in [3.63, 3.8) is 0 Å². The van der Waals surface area contributed by atoms with E-state index >= 15 is 0 Å². The van der Waals surface area contributed by atoms with E-state index in [-0.39, 0.29) is 0 Å². The summed E-state index contributed by atoms with van der Waals surface area (Å²) in [5, 5.41) is 12.0. The average Bonchev–Trinajstić information content (AvgIpc) is 2.78. The first-order chi connectivity index (χ1) is 8.72. The molecule has 0 aliphatic heterocycles. The molecule has 0 radical (unpaired) electrons. The lowest BCUT2D eigenvalue weighted by atomic mass is 10.1. The van der Waals surface area contributed by atoms with Crippen molar-refractivity contribution in [1.82, 2.24) is 20.3 Å². The first-order valence-electron chi connectivity index (χ1n) is 6.75. The number of nitrogens with zero attached hydrogens (tertiary/aromatic N) is 3. The molecule has 0 saturated heterocycles. The Kier molecular flexibility index (Phi) is 4.31. The van der Waals surface area contributed by atoms with Gasteiger partial charge in [0.2, 0.25) is 0 Å². The number of para-hydroxylation sites is 1. The Bertz CT molecular complexity index is 489. The van der Waals surface area contributed by atoms with E-state index in [4.69, 9.17) is 0 Å². The summed E-state index contributed by atoms with van der Waals surface area (Å²) in [6.07, 6.45) is 2.27. The Morgan fingerprint density at radius 1 is 1.28 bits per heavy atom. The fraction of sp³-hybridized carbons (Fsp3) is 0.571. The van der Waals surface area contributed by atoms with Crippen LogP contribution in [0.4, 0.5) is 0 Å². The Labute approximate surface area is 108 Å². The van der Waals surface area contributed by atoms with Crippen molar-refractivity contribution in [3.05, 3.63) is 24.3 Å². The molecule has 2 aromatic rings. The van der Waals surface area contributed by atoms with Crippen molar-refractivity contribution >= 4 is 11.0 Å². The largest absolute Gasteiger partial charge is 0.312 e. The molecule has 1 heterocycles. The van der Waals surface area contributed by atoms with Gasteiger partial charge in [-0.3, -0.25) is 0 Å². The summed E-state index contributed by atoms with van der Waals surface area (Å²) in [4.78, 5) is 0. The summed E-state index contributed by atoms with van der Waals surface area (Å²) in [6, 6.07) is 9.03. The van der Waals surface area contributed by atoms with E-state index in [0.29, 0.717) is 12.1 Å². The molecule has 1 N–H and O–H groups in total. The van der Waals surface area contributed by atoms with Crippen molar-refractivity contribution < 1.29 is 0 Å². The smallest absolute Gasteiger partial charge is 0.113 e. The minimum atomic E-state index is 0.379. The molecule has 0 aliphatic carbocycles. The van der Waals surface area contributed by atoms with E-state index in [1.807, 2.05) is 18.2 Å². The van der Waals surface area contributed by atoms with Crippen LogP contribution >= 0.6 is 0 Å². The van der Waals surface area contributed by atoms with E-state index in [9.17, 15) is 0 Å². The maximum atomic E-state index is 4.32. The monoisotopic (exact) mass is 246 g/mol. The van der Waals surface area contributed by atoms with E-state index in [0.717, 1.165) is 30.4 Å². The zero-order valence-electron chi connectivity index (χ0n) is 11.4. The summed E-state index contributed by atoms with van der Waals surface area (Å²) < 4.78 is 2.06. The third-order valence-corrected chi connectivity index (χ3v) is 3.11. The van der Waals surface area contributed by atoms with Gasteiger partial charge >= 0.3 is 0 Å². The second kappa shape index (κ2) is 5.96. The molecule has 0 bridgehead atoms. The highest BCUT2D eigenvalue weighted by Crippen LogP contribution is 2.18. The van der Waals surface area contributed by atoms with Gasteiger partial charge in [-0.1, -0.05) is 44.5 Å². The van der Waals surface area contributed by atoms with Crippen molar-refractivity contribution in [1.29, 1.82) is 0 Å². The second-order valence-corrected chi connectivity index (χ2v) is 5.03. The Morgan fingerprint density at radius 2 is 2.06 bits per heavy atom. The van der Waals surface area contributed by atoms with Crippen molar-refractivity contribution in [3.8, 4) is 0 Å². The van der Waals surface area contributed by atoms with Gasteiger partial charge in [-0.2, -0.15) is 0 Å². The molecule has 0 fully saturated rings. The van der Waals surface area contributed by atoms with Crippen LogP contribution < -0.4 is 5.32 Å². The normalized spacial score (nSPS) is 13.3. The summed E-state index contributed by atoms with van der Waals surface area (Å²) in [6.45, 7) is 7.49. The summed E-state index contributed by atoms with van der Waals surface area (Å²) in [5.74, 6) is 0. The second-order valence-electron chi connectivity index (χ2n) is 5.03. The number of fused-ring (bicyclic) bond motifs is 1. The topological polar surface area (TPSA) is 42.7 Å². The van der Waals surface area contributed by atoms with E-state index in [1.165, 1.54) is 0 Å². The van der Waals surface area contributed by atoms with Crippen molar-refractivity contribution in [2.24, 2.45) is 0 Å². The van der Waals surface area contributed by atoms with Gasteiger partial charge in [0, 0.05) is 12.6 Å². The van der Waals surface area contributed by atoms with Crippen LogP contribution in [0.15, 0.2) is 24.3 Å². The molecule has 1 atom stereocenters. The molecular formula is C14H22N4. The summed E-state index contributed by atoms with van der Waals surface area (Å²) in [5.41, 5.74) is 2.10. The maximum absolute atomic E-state index is 4.32. The van der Waals surface area contributed by atoms with Gasteiger partial charge < -0.3 is 5.32 Å². The third-order valence-electron chi connectivity index (χ3n) is 3.11. The first kappa shape index (κ1) is 13.0. The van der Waals surface area contributed by atoms with Gasteiger partial charge in [0.05, 0.1) is 11.6 Å². The zero-order valence-corrected chi connectivity index (χ0v) is 11.4. The molecule has 98 valence electrons. The highest BCUT2D eigenvalue weighted by atomic mass is 15.4. The highest BCUT2D eigenvalue weighted by molar-refractivity contribution is 5.73. The fourth-order valence-corrected chi connectivity index (χ4v) is 2.17. The Balaban J connectivity index is 2.24. The van der Waals surface area contributed by atoms with Crippen LogP contribution in [-0.2, 0) is 0 Å². The SMILES string of the molecule is CCCC(CNC(C)C)n1nnc2ccccc21. The van der Waals surface area contributed by atoms with Crippen LogP contribution in [-0.4, -0.2) is 27.6 Å². The molecule has 18 heavy (non-hydrogen) atoms. The van der Waals surface area contributed by atoms with Crippen molar-refractivity contribution in [2.45, 2.75) is 45.7 Å². The zero-order chi connectivity index (χ0) is 13.0. The minimum absolute atomic E-state index is 0.379. The minimum Gasteiger partial charge on any atom is -0.312 e.